The molecule has 7 nitrogen and oxygen atoms in total. The van der Waals surface area contributed by atoms with E-state index in [2.05, 4.69) is 10.5 Å². The first-order chi connectivity index (χ1) is 10.8. The molecule has 3 rings (SSSR count). The number of nitrogens with zero attached hydrogens (tertiary/aromatic N) is 1. The lowest BCUT2D eigenvalue weighted by Gasteiger charge is -2.20. The van der Waals surface area contributed by atoms with E-state index in [0.29, 0.717) is 36.0 Å². The average molecular weight is 302 g/mol. The van der Waals surface area contributed by atoms with Crippen LogP contribution < -0.4 is 19.6 Å². The fourth-order valence-corrected chi connectivity index (χ4v) is 2.00. The third kappa shape index (κ3) is 2.88. The van der Waals surface area contributed by atoms with Crippen molar-refractivity contribution in [3.05, 3.63) is 41.9 Å². The number of rotatable bonds is 4. The number of hydrogen-bond acceptors (Lipinski definition) is 6. The molecule has 0 aliphatic carbocycles. The van der Waals surface area contributed by atoms with E-state index in [1.165, 1.54) is 12.5 Å². The Hall–Kier alpha value is -2.96. The first-order valence-corrected chi connectivity index (χ1v) is 6.62. The van der Waals surface area contributed by atoms with Crippen molar-refractivity contribution in [2.24, 2.45) is 5.10 Å². The Balaban J connectivity index is 1.74. The normalized spacial score (nSPS) is 13.1. The maximum atomic E-state index is 11.7. The van der Waals surface area contributed by atoms with E-state index in [1.54, 1.807) is 31.4 Å². The summed E-state index contributed by atoms with van der Waals surface area (Å²) in [6, 6.07) is 6.69. The number of furan rings is 1. The van der Waals surface area contributed by atoms with Gasteiger partial charge in [-0.3, -0.25) is 4.79 Å². The maximum absolute atomic E-state index is 11.7. The molecule has 1 aliphatic heterocycles. The van der Waals surface area contributed by atoms with E-state index in [9.17, 15) is 4.79 Å². The van der Waals surface area contributed by atoms with Crippen LogP contribution in [0.5, 0.6) is 17.2 Å². The predicted molar refractivity (Wildman–Crippen MR) is 77.8 cm³/mol. The SMILES string of the molecule is COc1cc(/C=N\NC(=O)c2ccco2)cc2c1OCCO2. The number of carbonyl (C=O) groups is 1. The molecule has 0 fully saturated rings. The first kappa shape index (κ1) is 14.0. The Morgan fingerprint density at radius 3 is 3.00 bits per heavy atom. The molecule has 0 spiro atoms. The summed E-state index contributed by atoms with van der Waals surface area (Å²) >= 11 is 0. The summed E-state index contributed by atoms with van der Waals surface area (Å²) in [6.07, 6.45) is 2.91. The molecule has 7 heteroatoms. The Kier molecular flexibility index (Phi) is 3.95. The summed E-state index contributed by atoms with van der Waals surface area (Å²) < 4.78 is 21.3. The second-order valence-corrected chi connectivity index (χ2v) is 4.42. The van der Waals surface area contributed by atoms with Crippen molar-refractivity contribution in [1.82, 2.24) is 5.43 Å². The fraction of sp³-hybridized carbons (Fsp3) is 0.200. The van der Waals surface area contributed by atoms with Gasteiger partial charge in [0.05, 0.1) is 19.6 Å². The van der Waals surface area contributed by atoms with Gasteiger partial charge in [0.1, 0.15) is 13.2 Å². The van der Waals surface area contributed by atoms with Crippen LogP contribution in [0.15, 0.2) is 40.0 Å². The Morgan fingerprint density at radius 1 is 1.36 bits per heavy atom. The Morgan fingerprint density at radius 2 is 2.23 bits per heavy atom. The maximum Gasteiger partial charge on any atom is 0.307 e. The van der Waals surface area contributed by atoms with Gasteiger partial charge in [0.25, 0.3) is 0 Å². The minimum absolute atomic E-state index is 0.192. The second kappa shape index (κ2) is 6.21. The van der Waals surface area contributed by atoms with Gasteiger partial charge in [0, 0.05) is 5.56 Å². The summed E-state index contributed by atoms with van der Waals surface area (Å²) in [5.74, 6) is 1.48. The zero-order valence-electron chi connectivity index (χ0n) is 11.9. The van der Waals surface area contributed by atoms with Gasteiger partial charge >= 0.3 is 5.91 Å². The van der Waals surface area contributed by atoms with Gasteiger partial charge in [0.2, 0.25) is 5.75 Å². The van der Waals surface area contributed by atoms with Crippen molar-refractivity contribution in [3.8, 4) is 17.2 Å². The van der Waals surface area contributed by atoms with Gasteiger partial charge in [-0.2, -0.15) is 5.10 Å². The standard InChI is InChI=1S/C15H14N2O5/c1-19-12-7-10(8-13-14(12)22-6-5-21-13)9-16-17-15(18)11-3-2-4-20-11/h2-4,7-9H,5-6H2,1H3,(H,17,18)/b16-9-. The zero-order chi connectivity index (χ0) is 15.4. The number of fused-ring (bicyclic) bond motifs is 1. The van der Waals surface area contributed by atoms with Gasteiger partial charge in [0.15, 0.2) is 17.3 Å². The van der Waals surface area contributed by atoms with E-state index in [0.717, 1.165) is 0 Å². The molecule has 22 heavy (non-hydrogen) atoms. The number of carbonyl (C=O) groups excluding carboxylic acids is 1. The van der Waals surface area contributed by atoms with Crippen molar-refractivity contribution < 1.29 is 23.4 Å². The van der Waals surface area contributed by atoms with E-state index in [4.69, 9.17) is 18.6 Å². The third-order valence-electron chi connectivity index (χ3n) is 2.97. The first-order valence-electron chi connectivity index (χ1n) is 6.62. The molecule has 0 bridgehead atoms. The lowest BCUT2D eigenvalue weighted by Crippen LogP contribution is -2.17. The highest BCUT2D eigenvalue weighted by Crippen LogP contribution is 2.39. The molecule has 1 N–H and O–H groups in total. The number of hydrazone groups is 1. The molecule has 0 saturated heterocycles. The third-order valence-corrected chi connectivity index (χ3v) is 2.97. The van der Waals surface area contributed by atoms with Crippen LogP contribution in [0.1, 0.15) is 16.1 Å². The molecule has 1 aliphatic rings. The number of ether oxygens (including phenoxy) is 3. The number of methoxy groups -OCH3 is 1. The Bertz CT molecular complexity index is 677. The molecular formula is C15H14N2O5. The van der Waals surface area contributed by atoms with E-state index < -0.39 is 5.91 Å². The largest absolute Gasteiger partial charge is 0.493 e. The lowest BCUT2D eigenvalue weighted by molar-refractivity contribution is 0.0927. The summed E-state index contributed by atoms with van der Waals surface area (Å²) in [5, 5.41) is 3.89. The van der Waals surface area contributed by atoms with E-state index in [1.807, 2.05) is 0 Å². The van der Waals surface area contributed by atoms with Gasteiger partial charge in [-0.05, 0) is 24.3 Å². The Labute approximate surface area is 126 Å². The average Bonchev–Trinajstić information content (AvgIpc) is 3.08. The summed E-state index contributed by atoms with van der Waals surface area (Å²) in [4.78, 5) is 11.7. The molecule has 2 aromatic rings. The molecule has 1 aromatic carbocycles. The van der Waals surface area contributed by atoms with Crippen molar-refractivity contribution in [1.29, 1.82) is 0 Å². The van der Waals surface area contributed by atoms with Gasteiger partial charge < -0.3 is 18.6 Å². The van der Waals surface area contributed by atoms with Crippen LogP contribution in [-0.4, -0.2) is 32.4 Å². The van der Waals surface area contributed by atoms with Crippen molar-refractivity contribution >= 4 is 12.1 Å². The second-order valence-electron chi connectivity index (χ2n) is 4.42. The molecular weight excluding hydrogens is 288 g/mol. The fourth-order valence-electron chi connectivity index (χ4n) is 2.00. The van der Waals surface area contributed by atoms with Crippen LogP contribution >= 0.6 is 0 Å². The number of nitrogens with one attached hydrogen (secondary N) is 1. The highest BCUT2D eigenvalue weighted by atomic mass is 16.6. The number of hydrogen-bond donors (Lipinski definition) is 1. The predicted octanol–water partition coefficient (Wildman–Crippen LogP) is 1.82. The lowest BCUT2D eigenvalue weighted by atomic mass is 10.2. The van der Waals surface area contributed by atoms with Crippen LogP contribution in [0.2, 0.25) is 0 Å². The molecule has 1 aromatic heterocycles. The van der Waals surface area contributed by atoms with Crippen LogP contribution in [0.4, 0.5) is 0 Å². The topological polar surface area (TPSA) is 82.3 Å². The van der Waals surface area contributed by atoms with Crippen molar-refractivity contribution in [2.45, 2.75) is 0 Å². The van der Waals surface area contributed by atoms with E-state index >= 15 is 0 Å². The molecule has 0 radical (unpaired) electrons. The smallest absolute Gasteiger partial charge is 0.307 e. The highest BCUT2D eigenvalue weighted by Gasteiger charge is 2.18. The van der Waals surface area contributed by atoms with Crippen LogP contribution in [-0.2, 0) is 0 Å². The monoisotopic (exact) mass is 302 g/mol. The van der Waals surface area contributed by atoms with Crippen LogP contribution in [0, 0.1) is 0 Å². The van der Waals surface area contributed by atoms with Crippen LogP contribution in [0.3, 0.4) is 0 Å². The van der Waals surface area contributed by atoms with Crippen molar-refractivity contribution in [3.63, 3.8) is 0 Å². The minimum atomic E-state index is -0.425. The zero-order valence-corrected chi connectivity index (χ0v) is 11.9. The van der Waals surface area contributed by atoms with Crippen molar-refractivity contribution in [2.75, 3.05) is 20.3 Å². The number of benzene rings is 1. The molecule has 0 saturated carbocycles. The van der Waals surface area contributed by atoms with E-state index in [-0.39, 0.29) is 5.76 Å². The molecule has 0 unspecified atom stereocenters. The van der Waals surface area contributed by atoms with Gasteiger partial charge in [-0.15, -0.1) is 0 Å². The van der Waals surface area contributed by atoms with Gasteiger partial charge in [-0.25, -0.2) is 5.43 Å². The minimum Gasteiger partial charge on any atom is -0.493 e. The summed E-state index contributed by atoms with van der Waals surface area (Å²) in [7, 11) is 1.55. The molecule has 2 heterocycles. The highest BCUT2D eigenvalue weighted by molar-refractivity contribution is 5.92. The summed E-state index contributed by atoms with van der Waals surface area (Å²) in [5.41, 5.74) is 3.08. The summed E-state index contributed by atoms with van der Waals surface area (Å²) in [6.45, 7) is 0.960. The molecule has 114 valence electrons. The molecule has 1 amide bonds. The molecule has 0 atom stereocenters. The number of amides is 1. The quantitative estimate of drug-likeness (QED) is 0.688. The van der Waals surface area contributed by atoms with Crippen LogP contribution in [0.25, 0.3) is 0 Å². The van der Waals surface area contributed by atoms with Gasteiger partial charge in [-0.1, -0.05) is 0 Å².